The van der Waals surface area contributed by atoms with Crippen molar-refractivity contribution in [3.05, 3.63) is 70.3 Å². The molecule has 3 nitrogen and oxygen atoms in total. The summed E-state index contributed by atoms with van der Waals surface area (Å²) in [5.74, 6) is 0.389. The molecular formula is C17H12ClNO2. The van der Waals surface area contributed by atoms with E-state index in [1.807, 2.05) is 6.07 Å². The lowest BCUT2D eigenvalue weighted by Gasteiger charge is -2.02. The number of halogens is 1. The molecule has 0 N–H and O–H groups in total. The Labute approximate surface area is 128 Å². The number of Topliss-reactive ketones (excluding diaryl/α,β-unsaturated/α-hetero) is 1. The maximum absolute atomic E-state index is 12.3. The van der Waals surface area contributed by atoms with Gasteiger partial charge in [-0.1, -0.05) is 23.7 Å². The smallest absolute Gasteiger partial charge is 0.203 e. The molecule has 2 aromatic rings. The van der Waals surface area contributed by atoms with E-state index in [0.29, 0.717) is 10.6 Å². The highest BCUT2D eigenvalue weighted by atomic mass is 35.5. The first kappa shape index (κ1) is 14.8. The first-order chi connectivity index (χ1) is 10.1. The van der Waals surface area contributed by atoms with Gasteiger partial charge in [0, 0.05) is 10.6 Å². The Hall–Kier alpha value is -2.57. The number of benzene rings is 2. The summed E-state index contributed by atoms with van der Waals surface area (Å²) in [6.07, 6.45) is 1.55. The SMILES string of the molecule is COc1ccc(/C=C(\C#N)C(=O)c2ccc(Cl)cc2)cc1. The number of carbonyl (C=O) groups is 1. The van der Waals surface area contributed by atoms with Crippen molar-refractivity contribution >= 4 is 23.5 Å². The third kappa shape index (κ3) is 3.71. The molecule has 0 aliphatic heterocycles. The van der Waals surface area contributed by atoms with Crippen molar-refractivity contribution in [3.63, 3.8) is 0 Å². The quantitative estimate of drug-likeness (QED) is 0.484. The molecule has 0 heterocycles. The number of hydrogen-bond acceptors (Lipinski definition) is 3. The van der Waals surface area contributed by atoms with Crippen molar-refractivity contribution < 1.29 is 9.53 Å². The number of ether oxygens (including phenoxy) is 1. The summed E-state index contributed by atoms with van der Waals surface area (Å²) in [6.45, 7) is 0. The maximum atomic E-state index is 12.3. The molecule has 0 unspecified atom stereocenters. The molecule has 4 heteroatoms. The number of carbonyl (C=O) groups excluding carboxylic acids is 1. The van der Waals surface area contributed by atoms with Crippen molar-refractivity contribution in [1.29, 1.82) is 5.26 Å². The third-order valence-corrected chi connectivity index (χ3v) is 3.15. The van der Waals surface area contributed by atoms with Crippen molar-refractivity contribution in [2.45, 2.75) is 0 Å². The normalized spacial score (nSPS) is 10.8. The standard InChI is InChI=1S/C17H12ClNO2/c1-21-16-8-2-12(3-9-16)10-14(11-19)17(20)13-4-6-15(18)7-5-13/h2-10H,1H3/b14-10+. The molecule has 0 saturated heterocycles. The van der Waals surface area contributed by atoms with Gasteiger partial charge in [0.2, 0.25) is 5.78 Å². The molecule has 0 atom stereocenters. The van der Waals surface area contributed by atoms with E-state index in [4.69, 9.17) is 16.3 Å². The maximum Gasteiger partial charge on any atom is 0.203 e. The molecule has 0 aliphatic carbocycles. The van der Waals surface area contributed by atoms with Gasteiger partial charge in [-0.25, -0.2) is 0 Å². The van der Waals surface area contributed by atoms with Crippen LogP contribution in [-0.4, -0.2) is 12.9 Å². The first-order valence-electron chi connectivity index (χ1n) is 6.20. The minimum atomic E-state index is -0.329. The number of ketones is 1. The summed E-state index contributed by atoms with van der Waals surface area (Å²) in [6, 6.07) is 15.5. The molecule has 0 radical (unpaired) electrons. The fraction of sp³-hybridized carbons (Fsp3) is 0.0588. The average Bonchev–Trinajstić information content (AvgIpc) is 2.53. The largest absolute Gasteiger partial charge is 0.497 e. The molecule has 2 aromatic carbocycles. The van der Waals surface area contributed by atoms with Crippen molar-refractivity contribution in [1.82, 2.24) is 0 Å². The van der Waals surface area contributed by atoms with Crippen LogP contribution in [0.1, 0.15) is 15.9 Å². The molecule has 2 rings (SSSR count). The lowest BCUT2D eigenvalue weighted by molar-refractivity contribution is 0.104. The van der Waals surface area contributed by atoms with Crippen molar-refractivity contribution in [3.8, 4) is 11.8 Å². The number of rotatable bonds is 4. The highest BCUT2D eigenvalue weighted by Gasteiger charge is 2.11. The fourth-order valence-corrected chi connectivity index (χ4v) is 1.90. The zero-order valence-corrected chi connectivity index (χ0v) is 12.1. The predicted octanol–water partition coefficient (Wildman–Crippen LogP) is 4.14. The first-order valence-corrected chi connectivity index (χ1v) is 6.58. The highest BCUT2D eigenvalue weighted by Crippen LogP contribution is 2.17. The number of methoxy groups -OCH3 is 1. The molecule has 0 amide bonds. The Morgan fingerprint density at radius 3 is 2.29 bits per heavy atom. The molecule has 21 heavy (non-hydrogen) atoms. The number of allylic oxidation sites excluding steroid dienone is 1. The summed E-state index contributed by atoms with van der Waals surface area (Å²) in [7, 11) is 1.58. The van der Waals surface area contributed by atoms with Gasteiger partial charge in [0.15, 0.2) is 0 Å². The molecule has 0 aliphatic rings. The minimum absolute atomic E-state index is 0.0717. The lowest BCUT2D eigenvalue weighted by Crippen LogP contribution is -2.01. The zero-order valence-electron chi connectivity index (χ0n) is 11.3. The summed E-state index contributed by atoms with van der Waals surface area (Å²) in [5, 5.41) is 9.73. The van der Waals surface area contributed by atoms with E-state index in [-0.39, 0.29) is 11.4 Å². The Morgan fingerprint density at radius 2 is 1.76 bits per heavy atom. The Kier molecular flexibility index (Phi) is 4.76. The van der Waals surface area contributed by atoms with Crippen molar-refractivity contribution in [2.24, 2.45) is 0 Å². The summed E-state index contributed by atoms with van der Waals surface area (Å²) >= 11 is 5.79. The van der Waals surface area contributed by atoms with Crippen LogP contribution in [0.25, 0.3) is 6.08 Å². The molecule has 0 aromatic heterocycles. The van der Waals surface area contributed by atoms with Crippen LogP contribution in [0.5, 0.6) is 5.75 Å². The van der Waals surface area contributed by atoms with Crippen LogP contribution >= 0.6 is 11.6 Å². The van der Waals surface area contributed by atoms with Crippen molar-refractivity contribution in [2.75, 3.05) is 7.11 Å². The summed E-state index contributed by atoms with van der Waals surface area (Å²) in [5.41, 5.74) is 1.26. The monoisotopic (exact) mass is 297 g/mol. The van der Waals surface area contributed by atoms with E-state index in [9.17, 15) is 10.1 Å². The Bertz CT molecular complexity index is 710. The van der Waals surface area contributed by atoms with E-state index in [2.05, 4.69) is 0 Å². The third-order valence-electron chi connectivity index (χ3n) is 2.90. The lowest BCUT2D eigenvalue weighted by atomic mass is 10.0. The Morgan fingerprint density at radius 1 is 1.14 bits per heavy atom. The van der Waals surface area contributed by atoms with Crippen LogP contribution in [-0.2, 0) is 0 Å². The molecule has 0 fully saturated rings. The van der Waals surface area contributed by atoms with E-state index in [1.54, 1.807) is 61.7 Å². The van der Waals surface area contributed by atoms with Gasteiger partial charge in [0.1, 0.15) is 17.4 Å². The van der Waals surface area contributed by atoms with Gasteiger partial charge in [0.05, 0.1) is 7.11 Å². The summed E-state index contributed by atoms with van der Waals surface area (Å²) in [4.78, 5) is 12.3. The van der Waals surface area contributed by atoms with Gasteiger partial charge in [-0.2, -0.15) is 5.26 Å². The van der Waals surface area contributed by atoms with Crippen LogP contribution in [0.15, 0.2) is 54.1 Å². The topological polar surface area (TPSA) is 50.1 Å². The molecule has 0 bridgehead atoms. The van der Waals surface area contributed by atoms with Crippen LogP contribution in [0.3, 0.4) is 0 Å². The second-order valence-corrected chi connectivity index (χ2v) is 4.72. The molecular weight excluding hydrogens is 286 g/mol. The summed E-state index contributed by atoms with van der Waals surface area (Å²) < 4.78 is 5.06. The van der Waals surface area contributed by atoms with Crippen LogP contribution in [0.4, 0.5) is 0 Å². The van der Waals surface area contributed by atoms with Crippen LogP contribution in [0, 0.1) is 11.3 Å². The minimum Gasteiger partial charge on any atom is -0.497 e. The van der Waals surface area contributed by atoms with Gasteiger partial charge in [-0.3, -0.25) is 4.79 Å². The molecule has 0 spiro atoms. The number of hydrogen-bond donors (Lipinski definition) is 0. The van der Waals surface area contributed by atoms with E-state index >= 15 is 0 Å². The Balaban J connectivity index is 2.29. The van der Waals surface area contributed by atoms with Crippen LogP contribution in [0.2, 0.25) is 5.02 Å². The van der Waals surface area contributed by atoms with Gasteiger partial charge >= 0.3 is 0 Å². The second kappa shape index (κ2) is 6.74. The fourth-order valence-electron chi connectivity index (χ4n) is 1.77. The average molecular weight is 298 g/mol. The van der Waals surface area contributed by atoms with Gasteiger partial charge in [0.25, 0.3) is 0 Å². The van der Waals surface area contributed by atoms with Gasteiger partial charge in [-0.05, 0) is 48.0 Å². The highest BCUT2D eigenvalue weighted by molar-refractivity contribution is 6.30. The van der Waals surface area contributed by atoms with E-state index < -0.39 is 0 Å². The van der Waals surface area contributed by atoms with Gasteiger partial charge in [-0.15, -0.1) is 0 Å². The zero-order chi connectivity index (χ0) is 15.2. The van der Waals surface area contributed by atoms with Crippen LogP contribution < -0.4 is 4.74 Å². The number of nitriles is 1. The molecule has 104 valence electrons. The second-order valence-electron chi connectivity index (χ2n) is 4.28. The van der Waals surface area contributed by atoms with Gasteiger partial charge < -0.3 is 4.74 Å². The van der Waals surface area contributed by atoms with E-state index in [0.717, 1.165) is 11.3 Å². The van der Waals surface area contributed by atoms with E-state index in [1.165, 1.54) is 0 Å². The predicted molar refractivity (Wildman–Crippen MR) is 82.4 cm³/mol. The molecule has 0 saturated carbocycles. The number of nitrogens with zero attached hydrogens (tertiary/aromatic N) is 1.